The normalized spacial score (nSPS) is 21.6. The van der Waals surface area contributed by atoms with Crippen LogP contribution in [-0.4, -0.2) is 66.0 Å². The van der Waals surface area contributed by atoms with E-state index in [0.29, 0.717) is 37.6 Å². The molecule has 3 aliphatic rings. The van der Waals surface area contributed by atoms with E-state index in [-0.39, 0.29) is 29.6 Å². The Balaban J connectivity index is 1.29. The van der Waals surface area contributed by atoms with E-state index in [4.69, 9.17) is 18.6 Å². The third-order valence-electron chi connectivity index (χ3n) is 10.5. The van der Waals surface area contributed by atoms with Crippen LogP contribution in [0, 0.1) is 12.3 Å². The molecule has 0 spiro atoms. The van der Waals surface area contributed by atoms with Crippen molar-refractivity contribution in [3.8, 4) is 0 Å². The molecule has 53 heavy (non-hydrogen) atoms. The Morgan fingerprint density at radius 3 is 1.96 bits per heavy atom. The standard InChI is InChI=1S/C44H61NO6SSi/c1-7-21-38(22-15-11-9-8-10-12-20-31-44-48-34-43(6,35-49-44)36-50-44)45(52(46,47)39-29-27-37(2)28-30-39)32-33-51-53(42(3,4)5,40-23-16-13-17-24-40)41-25-18-14-19-26-41/h8,10-11,13-19,23-30,38H,7,9,12,20-22,31-36H2,1-6H3/b10-8-,15-11-/t38-,43?,44?/m0/s1. The average Bonchev–Trinajstić information content (AvgIpc) is 3.15. The highest BCUT2D eigenvalue weighted by molar-refractivity contribution is 7.89. The minimum Gasteiger partial charge on any atom is -0.406 e. The third-order valence-corrected chi connectivity index (χ3v) is 17.5. The molecule has 3 saturated heterocycles. The maximum Gasteiger partial charge on any atom is 0.282 e. The molecule has 1 atom stereocenters. The zero-order chi connectivity index (χ0) is 38.0. The number of allylic oxidation sites excluding steroid dienone is 3. The van der Waals surface area contributed by atoms with E-state index in [1.165, 1.54) is 10.4 Å². The Morgan fingerprint density at radius 1 is 0.849 bits per heavy atom. The van der Waals surface area contributed by atoms with E-state index in [1.807, 2.05) is 31.2 Å². The predicted octanol–water partition coefficient (Wildman–Crippen LogP) is 8.53. The van der Waals surface area contributed by atoms with Crippen molar-refractivity contribution < 1.29 is 27.1 Å². The second kappa shape index (κ2) is 18.2. The molecule has 0 N–H and O–H groups in total. The number of fused-ring (bicyclic) bond motifs is 3. The van der Waals surface area contributed by atoms with Crippen molar-refractivity contribution in [1.29, 1.82) is 0 Å². The Morgan fingerprint density at radius 2 is 1.42 bits per heavy atom. The second-order valence-corrected chi connectivity index (χ2v) is 22.2. The lowest BCUT2D eigenvalue weighted by molar-refractivity contribution is -0.467. The summed E-state index contributed by atoms with van der Waals surface area (Å²) in [6.07, 6.45) is 14.2. The van der Waals surface area contributed by atoms with Crippen molar-refractivity contribution in [2.75, 3.05) is 33.0 Å². The molecule has 7 nitrogen and oxygen atoms in total. The van der Waals surface area contributed by atoms with Gasteiger partial charge < -0.3 is 18.6 Å². The lowest BCUT2D eigenvalue weighted by atomic mass is 9.91. The van der Waals surface area contributed by atoms with Crippen molar-refractivity contribution in [2.24, 2.45) is 5.41 Å². The first-order valence-electron chi connectivity index (χ1n) is 19.4. The number of aryl methyl sites for hydroxylation is 1. The Labute approximate surface area is 320 Å². The van der Waals surface area contributed by atoms with Gasteiger partial charge in [-0.15, -0.1) is 0 Å². The summed E-state index contributed by atoms with van der Waals surface area (Å²) < 4.78 is 55.6. The first kappa shape index (κ1) is 41.3. The topological polar surface area (TPSA) is 74.3 Å². The van der Waals surface area contributed by atoms with Crippen molar-refractivity contribution in [3.63, 3.8) is 0 Å². The first-order valence-corrected chi connectivity index (χ1v) is 22.7. The van der Waals surface area contributed by atoms with E-state index in [2.05, 4.69) is 107 Å². The lowest BCUT2D eigenvalue weighted by Gasteiger charge is -2.50. The van der Waals surface area contributed by atoms with Gasteiger partial charge in [-0.25, -0.2) is 8.42 Å². The van der Waals surface area contributed by atoms with Gasteiger partial charge in [-0.05, 0) is 66.6 Å². The molecule has 3 aromatic carbocycles. The largest absolute Gasteiger partial charge is 0.406 e. The van der Waals surface area contributed by atoms with Crippen molar-refractivity contribution in [2.45, 2.75) is 108 Å². The number of benzene rings is 3. The van der Waals surface area contributed by atoms with Crippen LogP contribution in [0.5, 0.6) is 0 Å². The fourth-order valence-corrected chi connectivity index (χ4v) is 13.7. The Kier molecular flexibility index (Phi) is 14.1. The van der Waals surface area contributed by atoms with Gasteiger partial charge >= 0.3 is 0 Å². The molecule has 3 aliphatic heterocycles. The minimum absolute atomic E-state index is 0.0236. The maximum absolute atomic E-state index is 14.5. The van der Waals surface area contributed by atoms with Gasteiger partial charge in [0, 0.05) is 31.0 Å². The minimum atomic E-state index is -3.81. The molecule has 9 heteroatoms. The van der Waals surface area contributed by atoms with Gasteiger partial charge in [-0.1, -0.05) is 144 Å². The van der Waals surface area contributed by atoms with Crippen molar-refractivity contribution >= 4 is 28.7 Å². The average molecular weight is 760 g/mol. The summed E-state index contributed by atoms with van der Waals surface area (Å²) in [5.41, 5.74) is 1.00. The van der Waals surface area contributed by atoms with Crippen LogP contribution in [0.1, 0.15) is 85.1 Å². The van der Waals surface area contributed by atoms with Gasteiger partial charge in [0.05, 0.1) is 24.7 Å². The second-order valence-electron chi connectivity index (χ2n) is 16.0. The summed E-state index contributed by atoms with van der Waals surface area (Å²) in [6, 6.07) is 28.0. The van der Waals surface area contributed by atoms with E-state index in [0.717, 1.165) is 37.7 Å². The third kappa shape index (κ3) is 10.1. The Bertz CT molecular complexity index is 1670. The number of hydrogen-bond acceptors (Lipinski definition) is 6. The monoisotopic (exact) mass is 759 g/mol. The van der Waals surface area contributed by atoms with Crippen molar-refractivity contribution in [3.05, 3.63) is 115 Å². The summed E-state index contributed by atoms with van der Waals surface area (Å²) in [4.78, 5) is 0.317. The molecule has 3 aromatic rings. The van der Waals surface area contributed by atoms with Gasteiger partial charge in [-0.3, -0.25) is 0 Å². The van der Waals surface area contributed by atoms with Gasteiger partial charge in [0.25, 0.3) is 14.3 Å². The van der Waals surface area contributed by atoms with Crippen LogP contribution < -0.4 is 10.4 Å². The van der Waals surface area contributed by atoms with Crippen LogP contribution in [0.15, 0.2) is 114 Å². The summed E-state index contributed by atoms with van der Waals surface area (Å²) in [5.74, 6) is -0.866. The molecule has 0 aliphatic carbocycles. The van der Waals surface area contributed by atoms with E-state index < -0.39 is 24.3 Å². The summed E-state index contributed by atoms with van der Waals surface area (Å²) >= 11 is 0. The van der Waals surface area contributed by atoms with E-state index in [9.17, 15) is 8.42 Å². The number of unbranched alkanes of at least 4 members (excludes halogenated alkanes) is 1. The Hall–Kier alpha value is -2.89. The molecule has 288 valence electrons. The van der Waals surface area contributed by atoms with Crippen LogP contribution in [-0.2, 0) is 28.7 Å². The number of ether oxygens (including phenoxy) is 3. The summed E-state index contributed by atoms with van der Waals surface area (Å²) in [6.45, 7) is 15.6. The smallest absolute Gasteiger partial charge is 0.282 e. The van der Waals surface area contributed by atoms with Crippen LogP contribution >= 0.6 is 0 Å². The zero-order valence-corrected chi connectivity index (χ0v) is 34.6. The van der Waals surface area contributed by atoms with Crippen LogP contribution in [0.2, 0.25) is 5.04 Å². The van der Waals surface area contributed by atoms with E-state index >= 15 is 0 Å². The van der Waals surface area contributed by atoms with Gasteiger partial charge in [0.2, 0.25) is 10.0 Å². The molecule has 0 aromatic heterocycles. The highest BCUT2D eigenvalue weighted by Crippen LogP contribution is 2.40. The highest BCUT2D eigenvalue weighted by Gasteiger charge is 2.51. The molecule has 3 fully saturated rings. The number of nitrogens with zero attached hydrogens (tertiary/aromatic N) is 1. The maximum atomic E-state index is 14.5. The molecule has 2 bridgehead atoms. The predicted molar refractivity (Wildman–Crippen MR) is 217 cm³/mol. The van der Waals surface area contributed by atoms with Gasteiger partial charge in [0.1, 0.15) is 0 Å². The first-order chi connectivity index (χ1) is 25.3. The molecule has 0 saturated carbocycles. The van der Waals surface area contributed by atoms with Crippen LogP contribution in [0.4, 0.5) is 0 Å². The molecule has 6 rings (SSSR count). The highest BCUT2D eigenvalue weighted by atomic mass is 32.2. The number of sulfonamides is 1. The van der Waals surface area contributed by atoms with Crippen molar-refractivity contribution in [1.82, 2.24) is 4.31 Å². The molecular weight excluding hydrogens is 699 g/mol. The van der Waals surface area contributed by atoms with E-state index in [1.54, 1.807) is 16.4 Å². The number of rotatable bonds is 19. The molecule has 0 radical (unpaired) electrons. The fourth-order valence-electron chi connectivity index (χ4n) is 7.51. The van der Waals surface area contributed by atoms with Crippen LogP contribution in [0.3, 0.4) is 0 Å². The summed E-state index contributed by atoms with van der Waals surface area (Å²) in [7, 11) is -6.65. The molecule has 0 amide bonds. The van der Waals surface area contributed by atoms with Gasteiger partial charge in [0.15, 0.2) is 0 Å². The SMILES string of the molecule is CCC[C@@H](C/C=C\C/C=C\CCCC12OCC(C)(CO1)CO2)N(CCO[Si](c1ccccc1)(c1ccccc1)C(C)(C)C)S(=O)(=O)c1ccc(C)cc1. The van der Waals surface area contributed by atoms with Crippen LogP contribution in [0.25, 0.3) is 0 Å². The molecule has 0 unspecified atom stereocenters. The zero-order valence-electron chi connectivity index (χ0n) is 32.8. The fraction of sp³-hybridized carbons (Fsp3) is 0.500. The van der Waals surface area contributed by atoms with Gasteiger partial charge in [-0.2, -0.15) is 4.31 Å². The number of hydrogen-bond donors (Lipinski definition) is 0. The quantitative estimate of drug-likeness (QED) is 0.0694. The lowest BCUT2D eigenvalue weighted by Crippen LogP contribution is -2.67. The molecular formula is C44H61NO6SSi. The molecule has 3 heterocycles. The summed E-state index contributed by atoms with van der Waals surface area (Å²) in [5, 5.41) is 2.15.